The summed E-state index contributed by atoms with van der Waals surface area (Å²) in [6, 6.07) is 19.9. The molecule has 0 saturated heterocycles. The number of anilines is 3. The molecule has 1 aliphatic rings. The van der Waals surface area contributed by atoms with E-state index in [1.165, 1.54) is 19.2 Å². The Morgan fingerprint density at radius 3 is 2.14 bits per heavy atom. The van der Waals surface area contributed by atoms with Crippen molar-refractivity contribution in [2.45, 2.75) is 19.8 Å². The summed E-state index contributed by atoms with van der Waals surface area (Å²) in [5.41, 5.74) is 2.79. The third kappa shape index (κ3) is 5.39. The van der Waals surface area contributed by atoms with Gasteiger partial charge in [0.1, 0.15) is 10.7 Å². The second-order valence-electron chi connectivity index (χ2n) is 8.61. The van der Waals surface area contributed by atoms with Crippen LogP contribution >= 0.6 is 11.6 Å². The van der Waals surface area contributed by atoms with Gasteiger partial charge in [-0.1, -0.05) is 49.7 Å². The van der Waals surface area contributed by atoms with Crippen LogP contribution in [0, 0.1) is 0 Å². The number of carbonyl (C=O) groups excluding carboxylic acids is 4. The number of nitrogens with zero attached hydrogens (tertiary/aromatic N) is 1. The maximum absolute atomic E-state index is 13.1. The van der Waals surface area contributed by atoms with Gasteiger partial charge in [-0.25, -0.2) is 9.69 Å². The number of rotatable bonds is 7. The molecule has 37 heavy (non-hydrogen) atoms. The summed E-state index contributed by atoms with van der Waals surface area (Å²) in [6.07, 6.45) is 0. The summed E-state index contributed by atoms with van der Waals surface area (Å²) in [7, 11) is 1.28. The van der Waals surface area contributed by atoms with Crippen LogP contribution < -0.4 is 15.5 Å². The topological polar surface area (TPSA) is 105 Å². The Labute approximate surface area is 218 Å². The summed E-state index contributed by atoms with van der Waals surface area (Å²) < 4.78 is 4.71. The van der Waals surface area contributed by atoms with Crippen molar-refractivity contribution in [2.24, 2.45) is 0 Å². The predicted molar refractivity (Wildman–Crippen MR) is 142 cm³/mol. The van der Waals surface area contributed by atoms with Gasteiger partial charge in [0.2, 0.25) is 0 Å². The third-order valence-corrected chi connectivity index (χ3v) is 6.13. The molecule has 8 nitrogen and oxygen atoms in total. The van der Waals surface area contributed by atoms with Gasteiger partial charge >= 0.3 is 5.97 Å². The van der Waals surface area contributed by atoms with Gasteiger partial charge < -0.3 is 15.4 Å². The molecule has 1 heterocycles. The SMILES string of the molecule is COC(=O)c1cccc(NC(=O)c2cccc(NC3=C(Cl)C(=O)N(c4ccc(C(C)C)cc4)C3=O)c2)c1. The van der Waals surface area contributed by atoms with Gasteiger partial charge in [-0.2, -0.15) is 0 Å². The van der Waals surface area contributed by atoms with Crippen LogP contribution in [0.3, 0.4) is 0 Å². The summed E-state index contributed by atoms with van der Waals surface area (Å²) in [5.74, 6) is -1.88. The first-order chi connectivity index (χ1) is 17.7. The molecule has 3 amide bonds. The number of methoxy groups -OCH3 is 1. The average Bonchev–Trinajstić information content (AvgIpc) is 3.11. The number of hydrogen-bond donors (Lipinski definition) is 2. The number of halogens is 1. The molecule has 0 fully saturated rings. The zero-order valence-electron chi connectivity index (χ0n) is 20.4. The molecule has 188 valence electrons. The van der Waals surface area contributed by atoms with Crippen molar-refractivity contribution >= 4 is 52.4 Å². The molecule has 2 N–H and O–H groups in total. The van der Waals surface area contributed by atoms with Crippen molar-refractivity contribution in [3.05, 3.63) is 100 Å². The Kier molecular flexibility index (Phi) is 7.40. The Morgan fingerprint density at radius 2 is 1.49 bits per heavy atom. The second-order valence-corrected chi connectivity index (χ2v) is 8.99. The third-order valence-electron chi connectivity index (χ3n) is 5.78. The minimum absolute atomic E-state index is 0.0806. The summed E-state index contributed by atoms with van der Waals surface area (Å²) in [4.78, 5) is 51.5. The summed E-state index contributed by atoms with van der Waals surface area (Å²) in [6.45, 7) is 4.10. The molecule has 0 bridgehead atoms. The van der Waals surface area contributed by atoms with Gasteiger partial charge in [-0.05, 0) is 60.0 Å². The molecule has 0 radical (unpaired) electrons. The molecule has 0 aromatic heterocycles. The molecule has 9 heteroatoms. The van der Waals surface area contributed by atoms with Crippen molar-refractivity contribution in [2.75, 3.05) is 22.6 Å². The highest BCUT2D eigenvalue weighted by Gasteiger charge is 2.39. The van der Waals surface area contributed by atoms with Gasteiger partial charge in [0.25, 0.3) is 17.7 Å². The lowest BCUT2D eigenvalue weighted by Gasteiger charge is -2.16. The lowest BCUT2D eigenvalue weighted by molar-refractivity contribution is -0.120. The van der Waals surface area contributed by atoms with Gasteiger partial charge in [-0.3, -0.25) is 14.4 Å². The zero-order chi connectivity index (χ0) is 26.7. The van der Waals surface area contributed by atoms with E-state index in [0.29, 0.717) is 28.5 Å². The molecule has 3 aromatic carbocycles. The van der Waals surface area contributed by atoms with Crippen molar-refractivity contribution in [1.29, 1.82) is 0 Å². The largest absolute Gasteiger partial charge is 0.465 e. The van der Waals surface area contributed by atoms with Gasteiger partial charge in [0, 0.05) is 16.9 Å². The first-order valence-corrected chi connectivity index (χ1v) is 11.8. The molecule has 0 unspecified atom stereocenters. The van der Waals surface area contributed by atoms with Gasteiger partial charge in [0.05, 0.1) is 18.4 Å². The van der Waals surface area contributed by atoms with Crippen LogP contribution in [-0.4, -0.2) is 30.8 Å². The monoisotopic (exact) mass is 517 g/mol. The normalized spacial score (nSPS) is 13.3. The molecule has 1 aliphatic heterocycles. The zero-order valence-corrected chi connectivity index (χ0v) is 21.1. The van der Waals surface area contributed by atoms with Crippen molar-refractivity contribution in [3.8, 4) is 0 Å². The maximum Gasteiger partial charge on any atom is 0.337 e. The first-order valence-electron chi connectivity index (χ1n) is 11.4. The quantitative estimate of drug-likeness (QED) is 0.326. The molecule has 3 aromatic rings. The fraction of sp³-hybridized carbons (Fsp3) is 0.143. The molecule has 4 rings (SSSR count). The van der Waals surface area contributed by atoms with E-state index in [9.17, 15) is 19.2 Å². The van der Waals surface area contributed by atoms with Crippen molar-refractivity contribution in [3.63, 3.8) is 0 Å². The fourth-order valence-corrected chi connectivity index (χ4v) is 3.99. The number of esters is 1. The van der Waals surface area contributed by atoms with Crippen LogP contribution in [-0.2, 0) is 14.3 Å². The molecule has 0 spiro atoms. The lowest BCUT2D eigenvalue weighted by atomic mass is 10.0. The Balaban J connectivity index is 1.51. The minimum atomic E-state index is -0.633. The highest BCUT2D eigenvalue weighted by Crippen LogP contribution is 2.31. The van der Waals surface area contributed by atoms with Crippen molar-refractivity contribution < 1.29 is 23.9 Å². The lowest BCUT2D eigenvalue weighted by Crippen LogP contribution is -2.32. The summed E-state index contributed by atoms with van der Waals surface area (Å²) >= 11 is 6.25. The Hall–Kier alpha value is -4.43. The van der Waals surface area contributed by atoms with Crippen LogP contribution in [0.5, 0.6) is 0 Å². The van der Waals surface area contributed by atoms with Gasteiger partial charge in [-0.15, -0.1) is 0 Å². The van der Waals surface area contributed by atoms with Crippen molar-refractivity contribution in [1.82, 2.24) is 0 Å². The smallest absolute Gasteiger partial charge is 0.337 e. The van der Waals surface area contributed by atoms with Crippen LogP contribution in [0.2, 0.25) is 0 Å². The fourth-order valence-electron chi connectivity index (χ4n) is 3.78. The van der Waals surface area contributed by atoms with E-state index in [2.05, 4.69) is 24.5 Å². The van der Waals surface area contributed by atoms with Crippen LogP contribution in [0.4, 0.5) is 17.1 Å². The van der Waals surface area contributed by atoms with E-state index in [0.717, 1.165) is 10.5 Å². The Morgan fingerprint density at radius 1 is 0.865 bits per heavy atom. The molecule has 0 atom stereocenters. The number of nitrogens with one attached hydrogen (secondary N) is 2. The second kappa shape index (κ2) is 10.7. The first kappa shape index (κ1) is 25.7. The molecular weight excluding hydrogens is 494 g/mol. The van der Waals surface area contributed by atoms with E-state index in [1.54, 1.807) is 48.5 Å². The maximum atomic E-state index is 13.1. The van der Waals surface area contributed by atoms with E-state index in [4.69, 9.17) is 16.3 Å². The molecule has 0 saturated carbocycles. The average molecular weight is 518 g/mol. The number of amides is 3. The molecule has 0 aliphatic carbocycles. The Bertz CT molecular complexity index is 1430. The number of benzene rings is 3. The minimum Gasteiger partial charge on any atom is -0.465 e. The predicted octanol–water partition coefficient (Wildman–Crippen LogP) is 5.28. The van der Waals surface area contributed by atoms with Crippen LogP contribution in [0.15, 0.2) is 83.5 Å². The number of ether oxygens (including phenoxy) is 1. The summed E-state index contributed by atoms with van der Waals surface area (Å²) in [5, 5.41) is 5.36. The van der Waals surface area contributed by atoms with Gasteiger partial charge in [0.15, 0.2) is 0 Å². The number of imide groups is 1. The van der Waals surface area contributed by atoms with Crippen LogP contribution in [0.25, 0.3) is 0 Å². The number of hydrogen-bond acceptors (Lipinski definition) is 6. The van der Waals surface area contributed by atoms with E-state index >= 15 is 0 Å². The van der Waals surface area contributed by atoms with Crippen LogP contribution in [0.1, 0.15) is 46.0 Å². The van der Waals surface area contributed by atoms with E-state index in [-0.39, 0.29) is 16.3 Å². The molecular formula is C28H24ClN3O5. The highest BCUT2D eigenvalue weighted by molar-refractivity contribution is 6.53. The standard InChI is InChI=1S/C28H24ClN3O5/c1-16(2)17-10-12-22(13-11-17)32-26(34)23(29)24(27(32)35)30-20-8-4-6-18(14-20)25(33)31-21-9-5-7-19(15-21)28(36)37-3/h4-16,30H,1-3H3,(H,31,33). The van der Waals surface area contributed by atoms with E-state index in [1.807, 2.05) is 12.1 Å². The number of carbonyl (C=O) groups is 4. The van der Waals surface area contributed by atoms with E-state index < -0.39 is 23.7 Å². The highest BCUT2D eigenvalue weighted by atomic mass is 35.5.